The maximum atomic E-state index is 13.3. The standard InChI is InChI=1S/C33H44N2O6S/c1-3-11-28(22-31(37)34-17-19-40-20-18-36)32(38)35-30(25-42-24-27-15-9-6-10-16-27)23-41-33(39)29(12-4-2)21-26-13-7-5-8-14-26/h3-10,13-16,28-30,36H,1-2,11-12,17-25H2,(H,34,37)(H,35,38). The summed E-state index contributed by atoms with van der Waals surface area (Å²) in [5.41, 5.74) is 2.19. The summed E-state index contributed by atoms with van der Waals surface area (Å²) in [6, 6.07) is 19.3. The van der Waals surface area contributed by atoms with Crippen LogP contribution in [0.3, 0.4) is 0 Å². The van der Waals surface area contributed by atoms with Crippen LogP contribution in [0.25, 0.3) is 0 Å². The molecule has 0 fully saturated rings. The first-order chi connectivity index (χ1) is 20.5. The summed E-state index contributed by atoms with van der Waals surface area (Å²) in [5.74, 6) is -0.647. The molecule has 0 aliphatic rings. The topological polar surface area (TPSA) is 114 Å². The van der Waals surface area contributed by atoms with Crippen molar-refractivity contribution in [3.8, 4) is 0 Å². The van der Waals surface area contributed by atoms with Crippen LogP contribution in [0.5, 0.6) is 0 Å². The van der Waals surface area contributed by atoms with Crippen molar-refractivity contribution < 1.29 is 29.0 Å². The van der Waals surface area contributed by atoms with Crippen molar-refractivity contribution in [2.24, 2.45) is 11.8 Å². The van der Waals surface area contributed by atoms with Gasteiger partial charge in [0.05, 0.1) is 37.7 Å². The van der Waals surface area contributed by atoms with E-state index < -0.39 is 12.0 Å². The molecule has 0 spiro atoms. The van der Waals surface area contributed by atoms with Crippen LogP contribution in [0.4, 0.5) is 0 Å². The molecule has 3 unspecified atom stereocenters. The van der Waals surface area contributed by atoms with Crippen LogP contribution < -0.4 is 10.6 Å². The average molecular weight is 597 g/mol. The Morgan fingerprint density at radius 3 is 2.19 bits per heavy atom. The van der Waals surface area contributed by atoms with E-state index in [1.54, 1.807) is 23.9 Å². The number of ether oxygens (including phenoxy) is 2. The summed E-state index contributed by atoms with van der Waals surface area (Å²) in [6.07, 6.45) is 4.66. The van der Waals surface area contributed by atoms with Gasteiger partial charge in [-0.05, 0) is 30.4 Å². The number of allylic oxidation sites excluding steroid dienone is 2. The first kappa shape index (κ1) is 34.8. The lowest BCUT2D eigenvalue weighted by molar-refractivity contribution is -0.149. The van der Waals surface area contributed by atoms with Crippen LogP contribution in [0.1, 0.15) is 30.4 Å². The van der Waals surface area contributed by atoms with Gasteiger partial charge in [0.2, 0.25) is 11.8 Å². The molecule has 3 atom stereocenters. The lowest BCUT2D eigenvalue weighted by Crippen LogP contribution is -2.45. The molecule has 2 amide bonds. The molecule has 0 saturated carbocycles. The van der Waals surface area contributed by atoms with Crippen LogP contribution in [0.2, 0.25) is 0 Å². The van der Waals surface area contributed by atoms with Gasteiger partial charge in [0.25, 0.3) is 0 Å². The van der Waals surface area contributed by atoms with Crippen molar-refractivity contribution in [1.29, 1.82) is 0 Å². The van der Waals surface area contributed by atoms with Gasteiger partial charge in [0.15, 0.2) is 0 Å². The highest BCUT2D eigenvalue weighted by atomic mass is 32.2. The highest BCUT2D eigenvalue weighted by Gasteiger charge is 2.25. The van der Waals surface area contributed by atoms with Crippen LogP contribution in [-0.4, -0.2) is 67.7 Å². The van der Waals surface area contributed by atoms with Crippen molar-refractivity contribution in [2.45, 2.75) is 37.5 Å². The summed E-state index contributed by atoms with van der Waals surface area (Å²) in [5, 5.41) is 14.5. The van der Waals surface area contributed by atoms with E-state index >= 15 is 0 Å². The van der Waals surface area contributed by atoms with E-state index in [0.29, 0.717) is 25.0 Å². The molecular formula is C33H44N2O6S. The molecule has 42 heavy (non-hydrogen) atoms. The zero-order chi connectivity index (χ0) is 30.4. The number of nitrogens with one attached hydrogen (secondary N) is 2. The Morgan fingerprint density at radius 1 is 0.905 bits per heavy atom. The first-order valence-electron chi connectivity index (χ1n) is 14.3. The SMILES string of the molecule is C=CCC(CC(=O)NCCOCCO)C(=O)NC(COC(=O)C(CC=C)Cc1ccccc1)CSCc1ccccc1. The molecule has 2 aromatic rings. The summed E-state index contributed by atoms with van der Waals surface area (Å²) in [7, 11) is 0. The third-order valence-corrected chi connectivity index (χ3v) is 7.55. The number of carbonyl (C=O) groups excluding carboxylic acids is 3. The Labute approximate surface area is 254 Å². The van der Waals surface area contributed by atoms with Crippen LogP contribution in [0, 0.1) is 11.8 Å². The molecule has 8 nitrogen and oxygen atoms in total. The molecule has 2 rings (SSSR count). The van der Waals surface area contributed by atoms with E-state index in [1.807, 2.05) is 60.7 Å². The van der Waals surface area contributed by atoms with Gasteiger partial charge in [-0.1, -0.05) is 72.8 Å². The number of hydrogen-bond acceptors (Lipinski definition) is 7. The minimum absolute atomic E-state index is 0.0139. The smallest absolute Gasteiger partial charge is 0.309 e. The minimum atomic E-state index is -0.621. The van der Waals surface area contributed by atoms with E-state index in [2.05, 4.69) is 23.8 Å². The number of aliphatic hydroxyl groups excluding tert-OH is 1. The lowest BCUT2D eigenvalue weighted by Gasteiger charge is -2.23. The summed E-state index contributed by atoms with van der Waals surface area (Å²) in [6.45, 7) is 8.22. The zero-order valence-corrected chi connectivity index (χ0v) is 25.1. The van der Waals surface area contributed by atoms with E-state index in [9.17, 15) is 14.4 Å². The first-order valence-corrected chi connectivity index (χ1v) is 15.4. The molecule has 0 radical (unpaired) electrons. The Morgan fingerprint density at radius 2 is 1.55 bits per heavy atom. The number of aliphatic hydroxyl groups is 1. The Balaban J connectivity index is 2.01. The predicted molar refractivity (Wildman–Crippen MR) is 168 cm³/mol. The fourth-order valence-corrected chi connectivity index (χ4v) is 5.23. The molecule has 0 saturated heterocycles. The third-order valence-electron chi connectivity index (χ3n) is 6.37. The number of hydrogen-bond donors (Lipinski definition) is 3. The van der Waals surface area contributed by atoms with Crippen molar-refractivity contribution in [3.63, 3.8) is 0 Å². The van der Waals surface area contributed by atoms with Gasteiger partial charge in [-0.3, -0.25) is 14.4 Å². The largest absolute Gasteiger partial charge is 0.463 e. The van der Waals surface area contributed by atoms with Gasteiger partial charge in [-0.15, -0.1) is 13.2 Å². The van der Waals surface area contributed by atoms with Crippen LogP contribution in [0.15, 0.2) is 86.0 Å². The molecule has 228 valence electrons. The monoisotopic (exact) mass is 596 g/mol. The fraction of sp³-hybridized carbons (Fsp3) is 0.424. The molecular weight excluding hydrogens is 552 g/mol. The second kappa shape index (κ2) is 21.3. The summed E-state index contributed by atoms with van der Waals surface area (Å²) < 4.78 is 10.9. The third kappa shape index (κ3) is 14.5. The molecule has 0 aliphatic carbocycles. The second-order valence-corrected chi connectivity index (χ2v) is 10.9. The van der Waals surface area contributed by atoms with Gasteiger partial charge < -0.3 is 25.2 Å². The number of rotatable bonds is 22. The second-order valence-electron chi connectivity index (χ2n) is 9.86. The van der Waals surface area contributed by atoms with Gasteiger partial charge in [0.1, 0.15) is 6.61 Å². The lowest BCUT2D eigenvalue weighted by atomic mass is 9.96. The molecule has 0 aromatic heterocycles. The Kier molecular flexibility index (Phi) is 17.7. The van der Waals surface area contributed by atoms with Crippen molar-refractivity contribution in [3.05, 3.63) is 97.1 Å². The quantitative estimate of drug-likeness (QED) is 0.107. The molecule has 0 aliphatic heterocycles. The van der Waals surface area contributed by atoms with Crippen LogP contribution >= 0.6 is 11.8 Å². The van der Waals surface area contributed by atoms with Crippen LogP contribution in [-0.2, 0) is 36.0 Å². The van der Waals surface area contributed by atoms with E-state index in [1.165, 1.54) is 0 Å². The molecule has 0 heterocycles. The van der Waals surface area contributed by atoms with Gasteiger partial charge in [0, 0.05) is 24.5 Å². The van der Waals surface area contributed by atoms with Crippen molar-refractivity contribution in [1.82, 2.24) is 10.6 Å². The average Bonchev–Trinajstić information content (AvgIpc) is 3.00. The van der Waals surface area contributed by atoms with Crippen molar-refractivity contribution >= 4 is 29.5 Å². The minimum Gasteiger partial charge on any atom is -0.463 e. The number of thioether (sulfide) groups is 1. The summed E-state index contributed by atoms with van der Waals surface area (Å²) in [4.78, 5) is 38.9. The number of esters is 1. The number of benzene rings is 2. The highest BCUT2D eigenvalue weighted by molar-refractivity contribution is 7.98. The highest BCUT2D eigenvalue weighted by Crippen LogP contribution is 2.18. The number of amides is 2. The van der Waals surface area contributed by atoms with E-state index in [4.69, 9.17) is 14.6 Å². The predicted octanol–water partition coefficient (Wildman–Crippen LogP) is 4.09. The molecule has 2 aromatic carbocycles. The van der Waals surface area contributed by atoms with Crippen molar-refractivity contribution in [2.75, 3.05) is 38.7 Å². The molecule has 9 heteroatoms. The van der Waals surface area contributed by atoms with Gasteiger partial charge in [-0.25, -0.2) is 0 Å². The molecule has 3 N–H and O–H groups in total. The van der Waals surface area contributed by atoms with E-state index in [0.717, 1.165) is 16.9 Å². The Hall–Kier alpha value is -3.40. The Bertz CT molecular complexity index is 1080. The zero-order valence-electron chi connectivity index (χ0n) is 24.2. The fourth-order valence-electron chi connectivity index (χ4n) is 4.22. The summed E-state index contributed by atoms with van der Waals surface area (Å²) >= 11 is 1.63. The van der Waals surface area contributed by atoms with Gasteiger partial charge >= 0.3 is 5.97 Å². The maximum absolute atomic E-state index is 13.3. The number of carbonyl (C=O) groups is 3. The van der Waals surface area contributed by atoms with Gasteiger partial charge in [-0.2, -0.15) is 11.8 Å². The normalized spacial score (nSPS) is 12.9. The molecule has 0 bridgehead atoms. The maximum Gasteiger partial charge on any atom is 0.309 e. The van der Waals surface area contributed by atoms with E-state index in [-0.39, 0.29) is 63.1 Å².